The molecule has 0 saturated carbocycles. The number of amides is 1. The fourth-order valence-corrected chi connectivity index (χ4v) is 6.94. The van der Waals surface area contributed by atoms with Gasteiger partial charge in [-0.25, -0.2) is 0 Å². The summed E-state index contributed by atoms with van der Waals surface area (Å²) in [6, 6.07) is -1.54. The molecule has 0 aromatic carbocycles. The van der Waals surface area contributed by atoms with E-state index in [1.807, 2.05) is 0 Å². The highest BCUT2D eigenvalue weighted by Crippen LogP contribution is 2.48. The van der Waals surface area contributed by atoms with Gasteiger partial charge in [0.25, 0.3) is 5.60 Å². The van der Waals surface area contributed by atoms with Crippen LogP contribution in [0.25, 0.3) is 0 Å². The van der Waals surface area contributed by atoms with Crippen molar-refractivity contribution < 1.29 is 104 Å². The summed E-state index contributed by atoms with van der Waals surface area (Å²) in [5.41, 5.74) is -1.35. The van der Waals surface area contributed by atoms with E-state index in [1.165, 1.54) is 7.11 Å². The van der Waals surface area contributed by atoms with E-state index in [0.29, 0.717) is 0 Å². The van der Waals surface area contributed by atoms with E-state index in [9.17, 15) is 66.1 Å². The first-order valence-corrected chi connectivity index (χ1v) is 16.0. The second-order valence-electron chi connectivity index (χ2n) is 13.0. The molecule has 5 aliphatic rings. The van der Waals surface area contributed by atoms with Gasteiger partial charge in [-0.3, -0.25) is 4.79 Å². The van der Waals surface area contributed by atoms with Crippen LogP contribution >= 0.6 is 0 Å². The molecule has 0 unspecified atom stereocenters. The van der Waals surface area contributed by atoms with E-state index in [0.717, 1.165) is 6.92 Å². The lowest BCUT2D eigenvalue weighted by Crippen LogP contribution is -2.70. The molecule has 50 heavy (non-hydrogen) atoms. The van der Waals surface area contributed by atoms with Gasteiger partial charge in [-0.1, -0.05) is 0 Å². The normalized spacial score (nSPS) is 51.4. The first-order valence-electron chi connectivity index (χ1n) is 16.0. The smallest absolute Gasteiger partial charge is 0.294 e. The van der Waals surface area contributed by atoms with Crippen LogP contribution in [0.2, 0.25) is 0 Å². The van der Waals surface area contributed by atoms with Crippen molar-refractivity contribution >= 4 is 5.91 Å². The Morgan fingerprint density at radius 2 is 1.14 bits per heavy atom. The molecular formula is C28H48NO21+. The van der Waals surface area contributed by atoms with Crippen LogP contribution in [-0.4, -0.2) is 230 Å². The minimum atomic E-state index is -2.01. The number of aliphatic hydroxyl groups excluding tert-OH is 12. The van der Waals surface area contributed by atoms with E-state index >= 15 is 0 Å². The van der Waals surface area contributed by atoms with Gasteiger partial charge in [-0.05, 0) is 0 Å². The molecule has 5 heterocycles. The van der Waals surface area contributed by atoms with Crippen molar-refractivity contribution in [2.45, 2.75) is 129 Å². The summed E-state index contributed by atoms with van der Waals surface area (Å²) in [6.07, 6.45) is -30.3. The molecule has 20 atom stereocenters. The molecule has 0 aliphatic carbocycles. The van der Waals surface area contributed by atoms with Crippen molar-refractivity contribution in [1.82, 2.24) is 5.32 Å². The average molecular weight is 735 g/mol. The maximum Gasteiger partial charge on any atom is 0.294 e. The van der Waals surface area contributed by atoms with Gasteiger partial charge < -0.3 is 104 Å². The first-order chi connectivity index (χ1) is 23.6. The van der Waals surface area contributed by atoms with E-state index in [2.05, 4.69) is 9.68 Å². The largest absolute Gasteiger partial charge is 0.404 e. The zero-order valence-electron chi connectivity index (χ0n) is 27.0. The molecule has 1 spiro atoms. The number of rotatable bonds is 11. The SMILES string of the molecule is CC(=O)N[C@H]1[C@H](O[C@H]2[C@@H](O)[C@@H](CO)O[C@@H](O[C@H]3[C@H](O)[C@@H](O)[C@H](O)O[C@@H]3CO)[C@@H]2O)O[C@H](CO)[C@@H](O)[C@@H]1O[C@@H]1O[C@H](CO)[C@H](O)[C@@]2(C[O+]2C)[C@H]1O. The molecule has 5 saturated heterocycles. The Morgan fingerprint density at radius 3 is 1.68 bits per heavy atom. The summed E-state index contributed by atoms with van der Waals surface area (Å²) in [6.45, 7) is -2.04. The standard InChI is InChI=1S/C28H47NO21/c1-8(34)29-13-20(48-27-23(41)28(7-50(28)2)22(40)12(6-33)46-27)14(35)9(3-30)44-25(13)49-21-15(36)10(4-31)45-26(18(21)39)47-19-11(5-32)43-24(42)17(38)16(19)37/h9-27,30-33,35-42H,3-7H2,1-2H3/p+1/t9-,10-,11-,12-,13-,14-,15+,16-,17-,18-,19-,20-,21+,22+,23+,24-,25+,26+,27+,28+/m1/s1. The van der Waals surface area contributed by atoms with Gasteiger partial charge in [-0.15, -0.1) is 0 Å². The molecule has 1 amide bonds. The van der Waals surface area contributed by atoms with E-state index < -0.39 is 155 Å². The van der Waals surface area contributed by atoms with E-state index in [4.69, 9.17) is 33.2 Å². The Labute approximate surface area is 284 Å². The number of hydrogen-bond acceptors (Lipinski definition) is 20. The third-order valence-corrected chi connectivity index (χ3v) is 9.86. The average Bonchev–Trinajstić information content (AvgIpc) is 3.77. The predicted molar refractivity (Wildman–Crippen MR) is 154 cm³/mol. The Hall–Kier alpha value is -1.33. The van der Waals surface area contributed by atoms with Crippen LogP contribution in [0.4, 0.5) is 0 Å². The zero-order valence-corrected chi connectivity index (χ0v) is 27.0. The Bertz CT molecular complexity index is 1140. The summed E-state index contributed by atoms with van der Waals surface area (Å²) >= 11 is 0. The highest BCUT2D eigenvalue weighted by molar-refractivity contribution is 5.73. The van der Waals surface area contributed by atoms with Gasteiger partial charge in [-0.2, -0.15) is 0 Å². The van der Waals surface area contributed by atoms with Crippen LogP contribution < -0.4 is 5.32 Å². The van der Waals surface area contributed by atoms with Crippen molar-refractivity contribution in [3.05, 3.63) is 0 Å². The molecule has 22 heteroatoms. The summed E-state index contributed by atoms with van der Waals surface area (Å²) in [5, 5.41) is 128. The Morgan fingerprint density at radius 1 is 0.640 bits per heavy atom. The number of hydrogen-bond donors (Lipinski definition) is 13. The quantitative estimate of drug-likeness (QED) is 0.0692. The number of aliphatic hydroxyl groups is 12. The number of carbonyl (C=O) groups is 1. The molecule has 0 radical (unpaired) electrons. The Balaban J connectivity index is 1.41. The van der Waals surface area contributed by atoms with Gasteiger partial charge in [0.15, 0.2) is 37.4 Å². The molecular weight excluding hydrogens is 686 g/mol. The molecule has 13 N–H and O–H groups in total. The summed E-state index contributed by atoms with van der Waals surface area (Å²) in [5.74, 6) is -0.720. The van der Waals surface area contributed by atoms with Crippen molar-refractivity contribution in [2.24, 2.45) is 0 Å². The van der Waals surface area contributed by atoms with Crippen LogP contribution in [0.3, 0.4) is 0 Å². The van der Waals surface area contributed by atoms with Crippen molar-refractivity contribution in [3.63, 3.8) is 0 Å². The minimum absolute atomic E-state index is 0.114. The highest BCUT2D eigenvalue weighted by Gasteiger charge is 2.76. The van der Waals surface area contributed by atoms with Gasteiger partial charge in [0, 0.05) is 6.92 Å². The summed E-state index contributed by atoms with van der Waals surface area (Å²) in [7, 11) is 1.52. The highest BCUT2D eigenvalue weighted by atomic mass is 16.8. The van der Waals surface area contributed by atoms with Crippen molar-refractivity contribution in [1.29, 1.82) is 0 Å². The molecule has 5 rings (SSSR count). The molecule has 0 bridgehead atoms. The monoisotopic (exact) mass is 734 g/mol. The number of nitrogens with one attached hydrogen (secondary N) is 1. The van der Waals surface area contributed by atoms with Crippen LogP contribution in [0, 0.1) is 0 Å². The van der Waals surface area contributed by atoms with E-state index in [-0.39, 0.29) is 6.61 Å². The predicted octanol–water partition coefficient (Wildman–Crippen LogP) is -9.03. The van der Waals surface area contributed by atoms with Crippen LogP contribution in [-0.2, 0) is 42.3 Å². The molecule has 5 aliphatic heterocycles. The zero-order chi connectivity index (χ0) is 36.8. The second kappa shape index (κ2) is 16.0. The minimum Gasteiger partial charge on any atom is -0.404 e. The fourth-order valence-electron chi connectivity index (χ4n) is 6.94. The lowest BCUT2D eigenvalue weighted by Gasteiger charge is -2.50. The maximum absolute atomic E-state index is 12.4. The fraction of sp³-hybridized carbons (Fsp3) is 0.964. The number of ether oxygens (including phenoxy) is 7. The third-order valence-electron chi connectivity index (χ3n) is 9.86. The molecule has 0 aromatic rings. The third kappa shape index (κ3) is 7.28. The summed E-state index contributed by atoms with van der Waals surface area (Å²) in [4.78, 5) is 12.4. The van der Waals surface area contributed by atoms with Gasteiger partial charge >= 0.3 is 0 Å². The first kappa shape index (κ1) is 39.9. The topological polar surface area (TPSA) is 339 Å². The molecule has 22 nitrogen and oxygen atoms in total. The van der Waals surface area contributed by atoms with E-state index in [1.54, 1.807) is 0 Å². The Kier molecular flexibility index (Phi) is 12.7. The van der Waals surface area contributed by atoms with Gasteiger partial charge in [0.2, 0.25) is 12.5 Å². The lowest BCUT2D eigenvalue weighted by atomic mass is 9.89. The van der Waals surface area contributed by atoms with Crippen LogP contribution in [0.5, 0.6) is 0 Å². The van der Waals surface area contributed by atoms with Gasteiger partial charge in [0.05, 0.1) is 26.4 Å². The van der Waals surface area contributed by atoms with Crippen LogP contribution in [0.1, 0.15) is 6.92 Å². The van der Waals surface area contributed by atoms with Crippen molar-refractivity contribution in [3.8, 4) is 0 Å². The van der Waals surface area contributed by atoms with Crippen molar-refractivity contribution in [2.75, 3.05) is 40.1 Å². The number of epoxide rings is 1. The second-order valence-corrected chi connectivity index (χ2v) is 13.0. The van der Waals surface area contributed by atoms with Gasteiger partial charge in [0.1, 0.15) is 86.4 Å². The molecule has 0 aromatic heterocycles. The maximum atomic E-state index is 12.4. The molecule has 5 fully saturated rings. The van der Waals surface area contributed by atoms with Crippen LogP contribution in [0.15, 0.2) is 0 Å². The number of carbonyl (C=O) groups excluding carboxylic acids is 1. The molecule has 290 valence electrons. The summed E-state index contributed by atoms with van der Waals surface area (Å²) < 4.78 is 42.0. The lowest BCUT2D eigenvalue weighted by molar-refractivity contribution is -0.379.